The molecule has 0 aliphatic carbocycles. The second-order valence-electron chi connectivity index (χ2n) is 8.95. The molecule has 172 valence electrons. The summed E-state index contributed by atoms with van der Waals surface area (Å²) in [6, 6.07) is 4.18. The second kappa shape index (κ2) is 8.01. The van der Waals surface area contributed by atoms with Gasteiger partial charge in [-0.2, -0.15) is 0 Å². The van der Waals surface area contributed by atoms with Gasteiger partial charge in [0.1, 0.15) is 0 Å². The first kappa shape index (κ1) is 22.5. The Morgan fingerprint density at radius 1 is 1.44 bits per heavy atom. The number of amides is 1. The molecule has 0 unspecified atom stereocenters. The Labute approximate surface area is 185 Å². The van der Waals surface area contributed by atoms with E-state index in [1.54, 1.807) is 30.9 Å². The number of non-ortho nitro benzene ring substituents is 1. The zero-order valence-corrected chi connectivity index (χ0v) is 19.1. The maximum Gasteiger partial charge on any atom is 0.269 e. The first-order valence-electron chi connectivity index (χ1n) is 10.5. The van der Waals surface area contributed by atoms with Crippen LogP contribution in [0.1, 0.15) is 24.6 Å². The highest BCUT2D eigenvalue weighted by Crippen LogP contribution is 2.59. The number of aliphatic hydroxyl groups is 1. The first-order chi connectivity index (χ1) is 15.1. The van der Waals surface area contributed by atoms with Crippen molar-refractivity contribution in [3.05, 3.63) is 45.8 Å². The standard InChI is InChI=1S/C20H26FN5O5Si/c1-12-18(32(2,3)21)17(6-8-25-11-13(7-9-27)23-24-25)31-20(12)15-10-14(26(29)30)4-5-16(15)22-19(20)28/h4-5,10-12,17-18,27H,6-9H2,1-3H3,(H,22,28)/t12-,17+,18-,20+/m0/s1. The predicted molar refractivity (Wildman–Crippen MR) is 115 cm³/mol. The largest absolute Gasteiger partial charge is 0.396 e. The topological polar surface area (TPSA) is 132 Å². The van der Waals surface area contributed by atoms with Crippen molar-refractivity contribution in [1.29, 1.82) is 0 Å². The van der Waals surface area contributed by atoms with Crippen LogP contribution in [0.5, 0.6) is 0 Å². The molecule has 2 N–H and O–H groups in total. The summed E-state index contributed by atoms with van der Waals surface area (Å²) in [7, 11) is -3.29. The van der Waals surface area contributed by atoms with Crippen molar-refractivity contribution in [2.45, 2.75) is 56.7 Å². The highest BCUT2D eigenvalue weighted by Gasteiger charge is 2.65. The van der Waals surface area contributed by atoms with Crippen LogP contribution in [-0.4, -0.2) is 52.0 Å². The fraction of sp³-hybridized carbons (Fsp3) is 0.550. The van der Waals surface area contributed by atoms with Crippen LogP contribution >= 0.6 is 0 Å². The molecule has 1 amide bonds. The number of nitro benzene ring substituents is 1. The van der Waals surface area contributed by atoms with E-state index in [1.165, 1.54) is 18.2 Å². The van der Waals surface area contributed by atoms with Gasteiger partial charge >= 0.3 is 0 Å². The summed E-state index contributed by atoms with van der Waals surface area (Å²) in [5.41, 5.74) is -0.628. The molecule has 1 fully saturated rings. The molecule has 4 rings (SSSR count). The number of anilines is 1. The number of hydrogen-bond donors (Lipinski definition) is 2. The van der Waals surface area contributed by atoms with E-state index in [0.717, 1.165) is 0 Å². The van der Waals surface area contributed by atoms with Crippen LogP contribution in [0.4, 0.5) is 15.5 Å². The third kappa shape index (κ3) is 3.61. The average Bonchev–Trinajstić information content (AvgIpc) is 3.36. The van der Waals surface area contributed by atoms with Crippen molar-refractivity contribution in [2.24, 2.45) is 5.92 Å². The number of ether oxygens (including phenoxy) is 1. The number of nitrogens with one attached hydrogen (secondary N) is 1. The molecular weight excluding hydrogens is 437 g/mol. The van der Waals surface area contributed by atoms with Gasteiger partial charge in [0.2, 0.25) is 8.41 Å². The van der Waals surface area contributed by atoms with Crippen molar-refractivity contribution in [3.8, 4) is 0 Å². The van der Waals surface area contributed by atoms with Gasteiger partial charge in [-0.3, -0.25) is 19.6 Å². The molecule has 4 atom stereocenters. The number of nitro groups is 1. The maximum atomic E-state index is 15.5. The van der Waals surface area contributed by atoms with Gasteiger partial charge in [-0.25, -0.2) is 0 Å². The first-order valence-corrected chi connectivity index (χ1v) is 13.5. The summed E-state index contributed by atoms with van der Waals surface area (Å²) in [4.78, 5) is 24.0. The minimum atomic E-state index is -3.29. The molecule has 1 saturated heterocycles. The zero-order valence-electron chi connectivity index (χ0n) is 18.1. The fourth-order valence-corrected chi connectivity index (χ4v) is 7.72. The minimum absolute atomic E-state index is 0.0329. The SMILES string of the molecule is C[C@H]1[C@H]([Si](C)(C)F)[C@@H](CCn2cc(CCO)nn2)O[C@]12C(=O)Nc1ccc([N+](=O)[O-])cc12. The molecule has 1 aromatic heterocycles. The van der Waals surface area contributed by atoms with Crippen LogP contribution < -0.4 is 5.32 Å². The summed E-state index contributed by atoms with van der Waals surface area (Å²) < 4.78 is 23.5. The molecule has 12 heteroatoms. The molecule has 2 aliphatic heterocycles. The second-order valence-corrected chi connectivity index (χ2v) is 12.7. The number of aliphatic hydroxyl groups excluding tert-OH is 1. The average molecular weight is 464 g/mol. The number of hydrogen-bond acceptors (Lipinski definition) is 7. The summed E-state index contributed by atoms with van der Waals surface area (Å²) in [5.74, 6) is -0.930. The monoisotopic (exact) mass is 463 g/mol. The van der Waals surface area contributed by atoms with E-state index in [2.05, 4.69) is 15.6 Å². The van der Waals surface area contributed by atoms with Crippen LogP contribution in [0.3, 0.4) is 0 Å². The number of carbonyl (C=O) groups is 1. The number of nitrogens with zero attached hydrogens (tertiary/aromatic N) is 4. The van der Waals surface area contributed by atoms with E-state index >= 15 is 4.11 Å². The number of benzene rings is 1. The smallest absolute Gasteiger partial charge is 0.269 e. The minimum Gasteiger partial charge on any atom is -0.396 e. The molecule has 10 nitrogen and oxygen atoms in total. The van der Waals surface area contributed by atoms with E-state index in [9.17, 15) is 14.9 Å². The quantitative estimate of drug-likeness (QED) is 0.279. The van der Waals surface area contributed by atoms with E-state index in [0.29, 0.717) is 36.3 Å². The Morgan fingerprint density at radius 3 is 2.84 bits per heavy atom. The molecule has 2 aromatic rings. The Morgan fingerprint density at radius 2 is 2.19 bits per heavy atom. The molecule has 1 aromatic carbocycles. The summed E-state index contributed by atoms with van der Waals surface area (Å²) >= 11 is 0. The summed E-state index contributed by atoms with van der Waals surface area (Å²) in [5, 5.41) is 31.2. The molecule has 1 spiro atoms. The molecule has 0 radical (unpaired) electrons. The van der Waals surface area contributed by atoms with Gasteiger partial charge in [-0.05, 0) is 25.6 Å². The van der Waals surface area contributed by atoms with E-state index in [-0.39, 0.29) is 12.3 Å². The number of rotatable bonds is 7. The highest BCUT2D eigenvalue weighted by atomic mass is 28.4. The van der Waals surface area contributed by atoms with Crippen molar-refractivity contribution in [2.75, 3.05) is 11.9 Å². The lowest BCUT2D eigenvalue weighted by molar-refractivity contribution is -0.385. The van der Waals surface area contributed by atoms with Gasteiger partial charge in [0.25, 0.3) is 11.6 Å². The number of fused-ring (bicyclic) bond motifs is 2. The molecule has 3 heterocycles. The molecule has 32 heavy (non-hydrogen) atoms. The van der Waals surface area contributed by atoms with Crippen LogP contribution in [0.2, 0.25) is 18.6 Å². The molecule has 0 saturated carbocycles. The summed E-state index contributed by atoms with van der Waals surface area (Å²) in [6.45, 7) is 5.35. The zero-order chi connectivity index (χ0) is 23.3. The van der Waals surface area contributed by atoms with Crippen molar-refractivity contribution in [1.82, 2.24) is 15.0 Å². The lowest BCUT2D eigenvalue weighted by Crippen LogP contribution is -2.41. The van der Waals surface area contributed by atoms with Crippen LogP contribution in [-0.2, 0) is 28.1 Å². The maximum absolute atomic E-state index is 15.5. The van der Waals surface area contributed by atoms with E-state index in [1.807, 2.05) is 0 Å². The lowest BCUT2D eigenvalue weighted by Gasteiger charge is -2.30. The predicted octanol–water partition coefficient (Wildman–Crippen LogP) is 2.54. The van der Waals surface area contributed by atoms with Gasteiger partial charge in [0, 0.05) is 60.6 Å². The van der Waals surface area contributed by atoms with Gasteiger partial charge in [0.05, 0.1) is 16.7 Å². The number of halogens is 1. The van der Waals surface area contributed by atoms with Gasteiger partial charge < -0.3 is 19.3 Å². The van der Waals surface area contributed by atoms with Crippen molar-refractivity contribution in [3.63, 3.8) is 0 Å². The van der Waals surface area contributed by atoms with Crippen LogP contribution in [0.25, 0.3) is 0 Å². The van der Waals surface area contributed by atoms with E-state index < -0.39 is 42.4 Å². The molecular formula is C20H26FN5O5Si. The Bertz CT molecular complexity index is 1060. The van der Waals surface area contributed by atoms with Gasteiger partial charge in [0.15, 0.2) is 5.60 Å². The Kier molecular flexibility index (Phi) is 5.63. The van der Waals surface area contributed by atoms with Crippen molar-refractivity contribution < 1.29 is 23.7 Å². The third-order valence-corrected chi connectivity index (χ3v) is 8.96. The van der Waals surface area contributed by atoms with Gasteiger partial charge in [-0.1, -0.05) is 12.1 Å². The Hall–Kier alpha value is -2.70. The number of aromatic nitrogens is 3. The van der Waals surface area contributed by atoms with Crippen molar-refractivity contribution >= 4 is 25.7 Å². The van der Waals surface area contributed by atoms with E-state index in [4.69, 9.17) is 9.84 Å². The molecule has 2 aliphatic rings. The molecule has 0 bridgehead atoms. The third-order valence-electron chi connectivity index (χ3n) is 6.51. The normalized spacial score (nSPS) is 27.0. The fourth-order valence-electron chi connectivity index (χ4n) is 5.17. The lowest BCUT2D eigenvalue weighted by atomic mass is 9.82. The Balaban J connectivity index is 1.67. The highest BCUT2D eigenvalue weighted by molar-refractivity contribution is 6.72. The number of carbonyl (C=O) groups excluding carboxylic acids is 1. The van der Waals surface area contributed by atoms with Crippen LogP contribution in [0, 0.1) is 16.0 Å². The summed E-state index contributed by atoms with van der Waals surface area (Å²) in [6.07, 6.45) is 1.94. The van der Waals surface area contributed by atoms with Gasteiger partial charge in [-0.15, -0.1) is 5.10 Å². The number of aryl methyl sites for hydroxylation is 1. The van der Waals surface area contributed by atoms with Crippen LogP contribution in [0.15, 0.2) is 24.4 Å².